The van der Waals surface area contributed by atoms with Crippen LogP contribution in [-0.2, 0) is 17.8 Å². The minimum absolute atomic E-state index is 0.0503. The molecule has 4 rings (SSSR count). The fourth-order valence-corrected chi connectivity index (χ4v) is 3.34. The Kier molecular flexibility index (Phi) is 4.07. The highest BCUT2D eigenvalue weighted by Crippen LogP contribution is 2.31. The van der Waals surface area contributed by atoms with E-state index >= 15 is 0 Å². The third kappa shape index (κ3) is 3.06. The highest BCUT2D eigenvalue weighted by Gasteiger charge is 2.31. The summed E-state index contributed by atoms with van der Waals surface area (Å²) < 4.78 is 13.5. The molecule has 2 atom stereocenters. The van der Waals surface area contributed by atoms with E-state index < -0.39 is 6.10 Å². The molecule has 1 amide bonds. The van der Waals surface area contributed by atoms with Crippen molar-refractivity contribution in [1.82, 2.24) is 20.1 Å². The van der Waals surface area contributed by atoms with Gasteiger partial charge in [0.15, 0.2) is 11.5 Å². The van der Waals surface area contributed by atoms with Crippen LogP contribution < -0.4 is 14.8 Å². The summed E-state index contributed by atoms with van der Waals surface area (Å²) in [5, 5.41) is 11.6. The Bertz CT molecular complexity index is 786. The molecule has 0 unspecified atom stereocenters. The average molecular weight is 342 g/mol. The second-order valence-electron chi connectivity index (χ2n) is 6.85. The number of para-hydroxylation sites is 2. The molecule has 132 valence electrons. The monoisotopic (exact) mass is 342 g/mol. The maximum atomic E-state index is 12.6. The summed E-state index contributed by atoms with van der Waals surface area (Å²) in [5.41, 5.74) is 0. The Morgan fingerprint density at radius 3 is 2.88 bits per heavy atom. The number of carbonyl (C=O) groups is 1. The van der Waals surface area contributed by atoms with Gasteiger partial charge in [0.1, 0.15) is 18.3 Å². The molecule has 1 N–H and O–H groups in total. The first-order valence-corrected chi connectivity index (χ1v) is 8.72. The van der Waals surface area contributed by atoms with Gasteiger partial charge in [0.05, 0.1) is 0 Å². The van der Waals surface area contributed by atoms with Crippen molar-refractivity contribution in [3.05, 3.63) is 35.9 Å². The van der Waals surface area contributed by atoms with Crippen LogP contribution in [0.25, 0.3) is 0 Å². The van der Waals surface area contributed by atoms with E-state index in [1.165, 1.54) is 0 Å². The van der Waals surface area contributed by atoms with Crippen LogP contribution in [0.3, 0.4) is 0 Å². The summed E-state index contributed by atoms with van der Waals surface area (Å²) in [4.78, 5) is 12.6. The van der Waals surface area contributed by atoms with Gasteiger partial charge in [-0.05, 0) is 18.6 Å². The first kappa shape index (κ1) is 15.9. The zero-order valence-electron chi connectivity index (χ0n) is 14.4. The van der Waals surface area contributed by atoms with Crippen molar-refractivity contribution < 1.29 is 14.3 Å². The van der Waals surface area contributed by atoms with Gasteiger partial charge in [-0.3, -0.25) is 4.79 Å². The van der Waals surface area contributed by atoms with E-state index in [0.717, 1.165) is 24.5 Å². The van der Waals surface area contributed by atoms with Crippen LogP contribution in [0.4, 0.5) is 0 Å². The number of hydrogen-bond donors (Lipinski definition) is 1. The lowest BCUT2D eigenvalue weighted by Crippen LogP contribution is -2.50. The number of carbonyl (C=O) groups excluding carboxylic acids is 1. The van der Waals surface area contributed by atoms with Gasteiger partial charge in [-0.25, -0.2) is 0 Å². The number of fused-ring (bicyclic) bond motifs is 2. The lowest BCUT2D eigenvalue weighted by molar-refractivity contribution is -0.131. The molecule has 1 aromatic heterocycles. The van der Waals surface area contributed by atoms with Crippen molar-refractivity contribution in [1.29, 1.82) is 0 Å². The van der Waals surface area contributed by atoms with Crippen molar-refractivity contribution in [2.24, 2.45) is 0 Å². The lowest BCUT2D eigenvalue weighted by Gasteiger charge is -2.29. The van der Waals surface area contributed by atoms with E-state index in [4.69, 9.17) is 9.47 Å². The van der Waals surface area contributed by atoms with E-state index in [9.17, 15) is 4.79 Å². The van der Waals surface area contributed by atoms with Gasteiger partial charge >= 0.3 is 0 Å². The van der Waals surface area contributed by atoms with Crippen LogP contribution in [0.1, 0.15) is 37.8 Å². The molecule has 7 nitrogen and oxygen atoms in total. The molecular formula is C18H22N4O3. The third-order valence-electron chi connectivity index (χ3n) is 4.64. The van der Waals surface area contributed by atoms with E-state index in [-0.39, 0.29) is 18.6 Å². The molecule has 0 aliphatic carbocycles. The Morgan fingerprint density at radius 1 is 1.28 bits per heavy atom. The predicted octanol–water partition coefficient (Wildman–Crippen LogP) is 1.67. The Labute approximate surface area is 146 Å². The van der Waals surface area contributed by atoms with Crippen molar-refractivity contribution >= 4 is 5.91 Å². The van der Waals surface area contributed by atoms with E-state index in [1.807, 2.05) is 24.3 Å². The first-order chi connectivity index (χ1) is 12.1. The Balaban J connectivity index is 1.41. The molecule has 3 heterocycles. The number of aryl methyl sites for hydroxylation is 1. The summed E-state index contributed by atoms with van der Waals surface area (Å²) in [5.74, 6) is 3.44. The number of ether oxygens (including phenoxy) is 2. The zero-order valence-corrected chi connectivity index (χ0v) is 14.4. The number of amides is 1. The van der Waals surface area contributed by atoms with Crippen LogP contribution in [0.15, 0.2) is 24.3 Å². The number of hydrogen-bond acceptors (Lipinski definition) is 5. The summed E-state index contributed by atoms with van der Waals surface area (Å²) in [6.07, 6.45) is 1.04. The fraction of sp³-hybridized carbons (Fsp3) is 0.500. The van der Waals surface area contributed by atoms with Crippen molar-refractivity contribution in [3.63, 3.8) is 0 Å². The van der Waals surface area contributed by atoms with Gasteiger partial charge in [0.25, 0.3) is 5.91 Å². The predicted molar refractivity (Wildman–Crippen MR) is 90.7 cm³/mol. The van der Waals surface area contributed by atoms with Crippen molar-refractivity contribution in [2.45, 2.75) is 51.3 Å². The number of nitrogens with one attached hydrogen (secondary N) is 1. The molecule has 0 saturated heterocycles. The van der Waals surface area contributed by atoms with E-state index in [0.29, 0.717) is 24.0 Å². The SMILES string of the molecule is CC(C)c1nnc2n1C[C@@H](NC(=O)[C@H]1COc3ccccc3O1)CC2. The topological polar surface area (TPSA) is 78.3 Å². The van der Waals surface area contributed by atoms with Crippen LogP contribution in [0.5, 0.6) is 11.5 Å². The number of nitrogens with zero attached hydrogens (tertiary/aromatic N) is 3. The van der Waals surface area contributed by atoms with Gasteiger partial charge in [-0.15, -0.1) is 10.2 Å². The number of rotatable bonds is 3. The molecule has 2 aromatic rings. The summed E-state index contributed by atoms with van der Waals surface area (Å²) >= 11 is 0. The molecule has 0 spiro atoms. The maximum Gasteiger partial charge on any atom is 0.264 e. The van der Waals surface area contributed by atoms with Gasteiger partial charge in [-0.1, -0.05) is 26.0 Å². The van der Waals surface area contributed by atoms with Crippen molar-refractivity contribution in [3.8, 4) is 11.5 Å². The van der Waals surface area contributed by atoms with Gasteiger partial charge in [0, 0.05) is 24.9 Å². The van der Waals surface area contributed by atoms with E-state index in [2.05, 4.69) is 33.9 Å². The quantitative estimate of drug-likeness (QED) is 0.918. The highest BCUT2D eigenvalue weighted by atomic mass is 16.6. The highest BCUT2D eigenvalue weighted by molar-refractivity contribution is 5.82. The molecular weight excluding hydrogens is 320 g/mol. The maximum absolute atomic E-state index is 12.6. The zero-order chi connectivity index (χ0) is 17.4. The molecule has 25 heavy (non-hydrogen) atoms. The molecule has 1 aromatic carbocycles. The third-order valence-corrected chi connectivity index (χ3v) is 4.64. The van der Waals surface area contributed by atoms with Gasteiger partial charge in [-0.2, -0.15) is 0 Å². The molecule has 0 bridgehead atoms. The second-order valence-corrected chi connectivity index (χ2v) is 6.85. The van der Waals surface area contributed by atoms with Crippen LogP contribution in [-0.4, -0.2) is 39.4 Å². The van der Waals surface area contributed by atoms with Crippen LogP contribution in [0, 0.1) is 0 Å². The van der Waals surface area contributed by atoms with Crippen molar-refractivity contribution in [2.75, 3.05) is 6.61 Å². The first-order valence-electron chi connectivity index (χ1n) is 8.72. The second kappa shape index (κ2) is 6.38. The summed E-state index contributed by atoms with van der Waals surface area (Å²) in [6.45, 7) is 5.13. The number of aromatic nitrogens is 3. The normalized spacial score (nSPS) is 21.7. The van der Waals surface area contributed by atoms with Gasteiger partial charge < -0.3 is 19.4 Å². The summed E-state index contributed by atoms with van der Waals surface area (Å²) in [7, 11) is 0. The number of benzene rings is 1. The lowest BCUT2D eigenvalue weighted by atomic mass is 10.1. The molecule has 7 heteroatoms. The molecule has 0 saturated carbocycles. The Hall–Kier alpha value is -2.57. The minimum atomic E-state index is -0.623. The summed E-state index contributed by atoms with van der Waals surface area (Å²) in [6, 6.07) is 7.45. The Morgan fingerprint density at radius 2 is 2.08 bits per heavy atom. The molecule has 2 aliphatic heterocycles. The molecule has 0 fully saturated rings. The van der Waals surface area contributed by atoms with E-state index in [1.54, 1.807) is 0 Å². The standard InChI is InChI=1S/C18H22N4O3/c1-11(2)17-21-20-16-8-7-12(9-22(16)17)19-18(23)15-10-24-13-5-3-4-6-14(13)25-15/h3-6,11-12,15H,7-10H2,1-2H3,(H,19,23)/t12-,15+/m0/s1. The average Bonchev–Trinajstić information content (AvgIpc) is 3.04. The van der Waals surface area contributed by atoms with Crippen LogP contribution in [0.2, 0.25) is 0 Å². The minimum Gasteiger partial charge on any atom is -0.485 e. The molecule has 0 radical (unpaired) electrons. The molecule has 2 aliphatic rings. The fourth-order valence-electron chi connectivity index (χ4n) is 3.34. The van der Waals surface area contributed by atoms with Crippen LogP contribution >= 0.6 is 0 Å². The largest absolute Gasteiger partial charge is 0.485 e. The smallest absolute Gasteiger partial charge is 0.264 e. The van der Waals surface area contributed by atoms with Gasteiger partial charge in [0.2, 0.25) is 6.10 Å².